The molecule has 0 saturated carbocycles. The van der Waals surface area contributed by atoms with Crippen LogP contribution in [-0.4, -0.2) is 37.9 Å². The molecule has 2 N–H and O–H groups in total. The van der Waals surface area contributed by atoms with E-state index in [0.717, 1.165) is 12.1 Å². The van der Waals surface area contributed by atoms with Crippen LogP contribution >= 0.6 is 0 Å². The fourth-order valence-electron chi connectivity index (χ4n) is 1.82. The number of hydrogen-bond acceptors (Lipinski definition) is 3. The lowest BCUT2D eigenvalue weighted by molar-refractivity contribution is -0.139. The maximum absolute atomic E-state index is 13.6. The van der Waals surface area contributed by atoms with Gasteiger partial charge in [0.15, 0.2) is 20.0 Å². The molecule has 5 nitrogen and oxygen atoms in total. The second kappa shape index (κ2) is 8.05. The minimum atomic E-state index is -2.04. The Bertz CT molecular complexity index is 644. The SMILES string of the molecule is CC(C)(C)[Si](C)(C)OCC[C@H](NC(=O)c1cccc(F)c1F)C(=O)O. The van der Waals surface area contributed by atoms with Crippen LogP contribution in [0.5, 0.6) is 0 Å². The lowest BCUT2D eigenvalue weighted by atomic mass is 10.1. The van der Waals surface area contributed by atoms with E-state index < -0.39 is 43.4 Å². The highest BCUT2D eigenvalue weighted by atomic mass is 28.4. The maximum Gasteiger partial charge on any atom is 0.326 e. The first-order chi connectivity index (χ1) is 11.4. The molecular weight excluding hydrogens is 348 g/mol. The normalized spacial score (nSPS) is 13.4. The third-order valence-electron chi connectivity index (χ3n) is 4.48. The molecule has 1 rings (SSSR count). The van der Waals surface area contributed by atoms with Crippen molar-refractivity contribution >= 4 is 20.2 Å². The summed E-state index contributed by atoms with van der Waals surface area (Å²) in [6, 6.07) is 1.91. The molecule has 0 fully saturated rings. The average Bonchev–Trinajstić information content (AvgIpc) is 2.47. The molecule has 1 amide bonds. The number of aliphatic carboxylic acids is 1. The second-order valence-corrected chi connectivity index (χ2v) is 12.2. The van der Waals surface area contributed by atoms with Crippen LogP contribution in [0.2, 0.25) is 18.1 Å². The Hall–Kier alpha value is -1.80. The lowest BCUT2D eigenvalue weighted by Gasteiger charge is -2.36. The molecule has 0 spiro atoms. The van der Waals surface area contributed by atoms with Crippen LogP contribution in [0.3, 0.4) is 0 Å². The Kier molecular flexibility index (Phi) is 6.84. The zero-order valence-corrected chi connectivity index (χ0v) is 16.2. The number of carbonyl (C=O) groups is 2. The predicted molar refractivity (Wildman–Crippen MR) is 93.0 cm³/mol. The number of rotatable bonds is 7. The third kappa shape index (κ3) is 5.60. The smallest absolute Gasteiger partial charge is 0.326 e. The first kappa shape index (κ1) is 21.2. The third-order valence-corrected chi connectivity index (χ3v) is 9.01. The van der Waals surface area contributed by atoms with E-state index in [9.17, 15) is 23.5 Å². The minimum Gasteiger partial charge on any atom is -0.480 e. The highest BCUT2D eigenvalue weighted by Crippen LogP contribution is 2.36. The van der Waals surface area contributed by atoms with Gasteiger partial charge in [-0.2, -0.15) is 0 Å². The van der Waals surface area contributed by atoms with E-state index in [2.05, 4.69) is 26.1 Å². The Morgan fingerprint density at radius 2 is 1.88 bits per heavy atom. The van der Waals surface area contributed by atoms with Crippen molar-refractivity contribution in [1.82, 2.24) is 5.32 Å². The first-order valence-corrected chi connectivity index (χ1v) is 10.9. The summed E-state index contributed by atoms with van der Waals surface area (Å²) in [5.41, 5.74) is -0.531. The van der Waals surface area contributed by atoms with Gasteiger partial charge in [-0.1, -0.05) is 26.8 Å². The van der Waals surface area contributed by atoms with Crippen molar-refractivity contribution in [2.24, 2.45) is 0 Å². The Morgan fingerprint density at radius 3 is 2.40 bits per heavy atom. The highest BCUT2D eigenvalue weighted by Gasteiger charge is 2.37. The number of hydrogen-bond donors (Lipinski definition) is 2. The van der Waals surface area contributed by atoms with Crippen LogP contribution in [0.15, 0.2) is 18.2 Å². The van der Waals surface area contributed by atoms with E-state index in [1.165, 1.54) is 6.07 Å². The minimum absolute atomic E-state index is 0.0281. The molecule has 1 aromatic carbocycles. The summed E-state index contributed by atoms with van der Waals surface area (Å²) in [5.74, 6) is -4.71. The fraction of sp³-hybridized carbons (Fsp3) is 0.529. The number of carboxylic acid groups (broad SMARTS) is 1. The van der Waals surface area contributed by atoms with Gasteiger partial charge in [0.05, 0.1) is 5.56 Å². The maximum atomic E-state index is 13.6. The van der Waals surface area contributed by atoms with Crippen molar-refractivity contribution < 1.29 is 27.9 Å². The molecule has 0 bridgehead atoms. The van der Waals surface area contributed by atoms with Gasteiger partial charge in [0.2, 0.25) is 0 Å². The zero-order valence-electron chi connectivity index (χ0n) is 15.2. The number of amides is 1. The molecule has 1 aromatic rings. The van der Waals surface area contributed by atoms with Crippen LogP contribution in [0.4, 0.5) is 8.78 Å². The number of halogens is 2. The van der Waals surface area contributed by atoms with Gasteiger partial charge in [-0.05, 0) is 30.3 Å². The van der Waals surface area contributed by atoms with E-state index in [4.69, 9.17) is 4.43 Å². The molecule has 8 heteroatoms. The molecule has 0 saturated heterocycles. The molecule has 140 valence electrons. The van der Waals surface area contributed by atoms with Crippen molar-refractivity contribution in [3.05, 3.63) is 35.4 Å². The summed E-state index contributed by atoms with van der Waals surface area (Å²) in [6.45, 7) is 10.4. The zero-order chi connectivity index (χ0) is 19.4. The Morgan fingerprint density at radius 1 is 1.28 bits per heavy atom. The molecule has 0 radical (unpaired) electrons. The highest BCUT2D eigenvalue weighted by molar-refractivity contribution is 6.74. The summed E-state index contributed by atoms with van der Waals surface area (Å²) in [7, 11) is -2.04. The van der Waals surface area contributed by atoms with Crippen LogP contribution in [0, 0.1) is 11.6 Å². The summed E-state index contributed by atoms with van der Waals surface area (Å²) in [5, 5.41) is 11.4. The van der Waals surface area contributed by atoms with Gasteiger partial charge in [0.25, 0.3) is 5.91 Å². The van der Waals surface area contributed by atoms with Gasteiger partial charge in [-0.3, -0.25) is 4.79 Å². The van der Waals surface area contributed by atoms with Gasteiger partial charge in [0, 0.05) is 13.0 Å². The molecular formula is C17H25F2NO4Si. The molecule has 0 unspecified atom stereocenters. The lowest BCUT2D eigenvalue weighted by Crippen LogP contribution is -2.45. The van der Waals surface area contributed by atoms with Crippen molar-refractivity contribution in [2.75, 3.05) is 6.61 Å². The topological polar surface area (TPSA) is 75.6 Å². The van der Waals surface area contributed by atoms with Crippen LogP contribution < -0.4 is 5.32 Å². The van der Waals surface area contributed by atoms with Crippen LogP contribution in [-0.2, 0) is 9.22 Å². The van der Waals surface area contributed by atoms with Gasteiger partial charge >= 0.3 is 5.97 Å². The fourth-order valence-corrected chi connectivity index (χ4v) is 2.88. The monoisotopic (exact) mass is 373 g/mol. The van der Waals surface area contributed by atoms with E-state index >= 15 is 0 Å². The van der Waals surface area contributed by atoms with E-state index in [-0.39, 0.29) is 18.1 Å². The first-order valence-electron chi connectivity index (χ1n) is 7.98. The van der Waals surface area contributed by atoms with Gasteiger partial charge in [0.1, 0.15) is 6.04 Å². The summed E-state index contributed by atoms with van der Waals surface area (Å²) in [4.78, 5) is 23.4. The van der Waals surface area contributed by atoms with E-state index in [1.807, 2.05) is 13.1 Å². The molecule has 0 aromatic heterocycles. The van der Waals surface area contributed by atoms with Gasteiger partial charge < -0.3 is 14.8 Å². The number of benzene rings is 1. The summed E-state index contributed by atoms with van der Waals surface area (Å²) < 4.78 is 32.7. The van der Waals surface area contributed by atoms with E-state index in [1.54, 1.807) is 0 Å². The van der Waals surface area contributed by atoms with Crippen molar-refractivity contribution in [1.29, 1.82) is 0 Å². The predicted octanol–water partition coefficient (Wildman–Crippen LogP) is 3.56. The molecule has 0 heterocycles. The quantitative estimate of drug-likeness (QED) is 0.717. The van der Waals surface area contributed by atoms with Crippen molar-refractivity contribution in [3.8, 4) is 0 Å². The Labute approximate surface area is 147 Å². The van der Waals surface area contributed by atoms with Crippen LogP contribution in [0.25, 0.3) is 0 Å². The van der Waals surface area contributed by atoms with Crippen molar-refractivity contribution in [3.63, 3.8) is 0 Å². The average molecular weight is 373 g/mol. The number of carbonyl (C=O) groups excluding carboxylic acids is 1. The summed E-state index contributed by atoms with van der Waals surface area (Å²) in [6.07, 6.45) is 0.0323. The molecule has 0 aliphatic heterocycles. The molecule has 0 aliphatic rings. The number of nitrogens with one attached hydrogen (secondary N) is 1. The summed E-state index contributed by atoms with van der Waals surface area (Å²) >= 11 is 0. The van der Waals surface area contributed by atoms with Crippen LogP contribution in [0.1, 0.15) is 37.6 Å². The van der Waals surface area contributed by atoms with Gasteiger partial charge in [-0.25, -0.2) is 13.6 Å². The number of carboxylic acids is 1. The molecule has 1 atom stereocenters. The van der Waals surface area contributed by atoms with Gasteiger partial charge in [-0.15, -0.1) is 0 Å². The standard InChI is InChI=1S/C17H25F2NO4Si/c1-17(2,3)25(4,5)24-10-9-13(16(22)23)20-15(21)11-7-6-8-12(18)14(11)19/h6-8,13H,9-10H2,1-5H3,(H,20,21)(H,22,23)/t13-/m0/s1. The van der Waals surface area contributed by atoms with Crippen molar-refractivity contribution in [2.45, 2.75) is 51.4 Å². The molecule has 0 aliphatic carbocycles. The molecule has 25 heavy (non-hydrogen) atoms. The second-order valence-electron chi connectivity index (χ2n) is 7.36. The van der Waals surface area contributed by atoms with E-state index in [0.29, 0.717) is 0 Å². The largest absolute Gasteiger partial charge is 0.480 e. The Balaban J connectivity index is 2.74.